The van der Waals surface area contributed by atoms with Gasteiger partial charge in [-0.15, -0.1) is 0 Å². The number of carbonyl (C=O) groups is 2. The molecule has 2 aromatic carbocycles. The van der Waals surface area contributed by atoms with Crippen molar-refractivity contribution < 1.29 is 32.3 Å². The minimum atomic E-state index is -2.76. The Morgan fingerprint density at radius 3 is 2.03 bits per heavy atom. The monoisotopic (exact) mass is 531 g/mol. The number of rotatable bonds is 17. The number of hydrogen-bond acceptors (Lipinski definition) is 8. The fourth-order valence-corrected chi connectivity index (χ4v) is 6.53. The first kappa shape index (κ1) is 30.5. The maximum absolute atomic E-state index is 12.6. The Balaban J connectivity index is 1.84. The zero-order valence-electron chi connectivity index (χ0n) is 22.8. The molecular formula is C28H41NO7Si. The molecule has 0 atom stereocenters. The lowest BCUT2D eigenvalue weighted by atomic mass is 10.1. The van der Waals surface area contributed by atoms with Crippen molar-refractivity contribution in [2.24, 2.45) is 0 Å². The lowest BCUT2D eigenvalue weighted by molar-refractivity contribution is -0.145. The quantitative estimate of drug-likeness (QED) is 0.148. The molecular weight excluding hydrogens is 490 g/mol. The second-order valence-corrected chi connectivity index (χ2v) is 11.0. The summed E-state index contributed by atoms with van der Waals surface area (Å²) in [7, 11) is -2.76. The molecule has 0 unspecified atom stereocenters. The van der Waals surface area contributed by atoms with Gasteiger partial charge in [0, 0.05) is 57.1 Å². The topological polar surface area (TPSA) is 83.5 Å². The smallest absolute Gasteiger partial charge is 0.461 e. The van der Waals surface area contributed by atoms with Gasteiger partial charge >= 0.3 is 20.7 Å². The third kappa shape index (κ3) is 9.92. The first-order valence-corrected chi connectivity index (χ1v) is 15.1. The molecule has 0 aliphatic carbocycles. The maximum Gasteiger partial charge on any atom is 0.500 e. The van der Waals surface area contributed by atoms with E-state index in [1.165, 1.54) is 0 Å². The second-order valence-electron chi connectivity index (χ2n) is 8.25. The lowest BCUT2D eigenvalue weighted by Crippen LogP contribution is -2.46. The summed E-state index contributed by atoms with van der Waals surface area (Å²) in [4.78, 5) is 27.1. The minimum absolute atomic E-state index is 0.130. The molecule has 0 aliphatic rings. The first-order chi connectivity index (χ1) is 17.9. The van der Waals surface area contributed by atoms with Crippen LogP contribution in [0.1, 0.15) is 63.4 Å². The molecule has 0 saturated carbocycles. The highest BCUT2D eigenvalue weighted by Crippen LogP contribution is 2.22. The Morgan fingerprint density at radius 1 is 0.838 bits per heavy atom. The zero-order chi connectivity index (χ0) is 27.1. The largest absolute Gasteiger partial charge is 0.500 e. The van der Waals surface area contributed by atoms with Gasteiger partial charge in [-0.2, -0.15) is 0 Å². The number of benzene rings is 2. The van der Waals surface area contributed by atoms with Gasteiger partial charge < -0.3 is 27.7 Å². The van der Waals surface area contributed by atoms with E-state index in [0.717, 1.165) is 24.3 Å². The van der Waals surface area contributed by atoms with Crippen molar-refractivity contribution in [3.05, 3.63) is 59.7 Å². The molecule has 0 aliphatic heterocycles. The molecule has 0 amide bonds. The van der Waals surface area contributed by atoms with E-state index < -0.39 is 14.8 Å². The van der Waals surface area contributed by atoms with Crippen LogP contribution in [-0.2, 0) is 29.4 Å². The van der Waals surface area contributed by atoms with Crippen LogP contribution in [0.2, 0.25) is 6.04 Å². The molecule has 0 aromatic heterocycles. The zero-order valence-corrected chi connectivity index (χ0v) is 23.8. The number of esters is 2. The molecule has 0 spiro atoms. The fraction of sp³-hybridized carbons (Fsp3) is 0.500. The predicted octanol–water partition coefficient (Wildman–Crippen LogP) is 5.62. The summed E-state index contributed by atoms with van der Waals surface area (Å²) in [6.45, 7) is 13.3. The van der Waals surface area contributed by atoms with Crippen LogP contribution in [-0.4, -0.2) is 53.7 Å². The standard InChI is InChI=1S/C28H41NO7Si/c1-6-29(7-2)25-13-11-14-26(21-25)36-28(31)24-18-16-23(17-19-24)22-32-27(30)15-12-20-37(33-8-3,34-9-4)35-10-5/h11,13-14,16-19,21H,6-10,12,15,20,22H2,1-5H3. The van der Waals surface area contributed by atoms with Crippen LogP contribution in [0, 0.1) is 0 Å². The highest BCUT2D eigenvalue weighted by molar-refractivity contribution is 6.60. The third-order valence-electron chi connectivity index (χ3n) is 5.70. The summed E-state index contributed by atoms with van der Waals surface area (Å²) >= 11 is 0. The van der Waals surface area contributed by atoms with Gasteiger partial charge in [-0.1, -0.05) is 18.2 Å². The summed E-state index contributed by atoms with van der Waals surface area (Å²) in [5, 5.41) is 0. The maximum atomic E-state index is 12.6. The van der Waals surface area contributed by atoms with Crippen molar-refractivity contribution in [3.8, 4) is 5.75 Å². The number of carbonyl (C=O) groups excluding carboxylic acids is 2. The Kier molecular flexibility index (Phi) is 13.3. The van der Waals surface area contributed by atoms with Crippen LogP contribution in [0.5, 0.6) is 5.75 Å². The van der Waals surface area contributed by atoms with Gasteiger partial charge in [-0.3, -0.25) is 4.79 Å². The molecule has 0 saturated heterocycles. The molecule has 8 nitrogen and oxygen atoms in total. The van der Waals surface area contributed by atoms with Crippen LogP contribution in [0.3, 0.4) is 0 Å². The van der Waals surface area contributed by atoms with Crippen molar-refractivity contribution in [2.75, 3.05) is 37.8 Å². The Bertz CT molecular complexity index is 946. The highest BCUT2D eigenvalue weighted by atomic mass is 28.4. The van der Waals surface area contributed by atoms with Gasteiger partial charge in [0.2, 0.25) is 0 Å². The van der Waals surface area contributed by atoms with Gasteiger partial charge in [0.05, 0.1) is 5.56 Å². The van der Waals surface area contributed by atoms with E-state index in [4.69, 9.17) is 22.8 Å². The fourth-order valence-electron chi connectivity index (χ4n) is 3.92. The lowest BCUT2D eigenvalue weighted by Gasteiger charge is -2.28. The van der Waals surface area contributed by atoms with Crippen molar-refractivity contribution in [1.82, 2.24) is 0 Å². The SMILES string of the molecule is CCO[Si](CCCC(=O)OCc1ccc(C(=O)Oc2cccc(N(CC)CC)c2)cc1)(OCC)OCC. The molecule has 0 fully saturated rings. The van der Waals surface area contributed by atoms with Crippen LogP contribution >= 0.6 is 0 Å². The Hall–Kier alpha value is -2.72. The van der Waals surface area contributed by atoms with Gasteiger partial charge in [0.25, 0.3) is 0 Å². The summed E-state index contributed by atoms with van der Waals surface area (Å²) in [6, 6.07) is 14.9. The Labute approximate surface area is 222 Å². The molecule has 37 heavy (non-hydrogen) atoms. The van der Waals surface area contributed by atoms with Crippen molar-refractivity contribution >= 4 is 26.4 Å². The van der Waals surface area contributed by atoms with Gasteiger partial charge in [-0.05, 0) is 70.9 Å². The van der Waals surface area contributed by atoms with Crippen molar-refractivity contribution in [2.45, 2.75) is 60.1 Å². The van der Waals surface area contributed by atoms with E-state index in [2.05, 4.69) is 18.7 Å². The number of ether oxygens (including phenoxy) is 2. The minimum Gasteiger partial charge on any atom is -0.461 e. The van der Waals surface area contributed by atoms with Crippen LogP contribution in [0.15, 0.2) is 48.5 Å². The summed E-state index contributed by atoms with van der Waals surface area (Å²) in [5.41, 5.74) is 2.22. The molecule has 204 valence electrons. The first-order valence-electron chi connectivity index (χ1n) is 13.1. The van der Waals surface area contributed by atoms with Crippen LogP contribution in [0.25, 0.3) is 0 Å². The average molecular weight is 532 g/mol. The van der Waals surface area contributed by atoms with Gasteiger partial charge in [0.1, 0.15) is 12.4 Å². The second kappa shape index (κ2) is 16.2. The van der Waals surface area contributed by atoms with E-state index in [1.807, 2.05) is 39.0 Å². The van der Waals surface area contributed by atoms with E-state index in [9.17, 15) is 9.59 Å². The van der Waals surface area contributed by atoms with E-state index in [1.54, 1.807) is 30.3 Å². The van der Waals surface area contributed by atoms with E-state index in [0.29, 0.717) is 43.6 Å². The number of anilines is 1. The average Bonchev–Trinajstić information content (AvgIpc) is 2.89. The van der Waals surface area contributed by atoms with Gasteiger partial charge in [-0.25, -0.2) is 4.79 Å². The van der Waals surface area contributed by atoms with Crippen LogP contribution < -0.4 is 9.64 Å². The molecule has 0 radical (unpaired) electrons. The highest BCUT2D eigenvalue weighted by Gasteiger charge is 2.39. The predicted molar refractivity (Wildman–Crippen MR) is 146 cm³/mol. The van der Waals surface area contributed by atoms with E-state index >= 15 is 0 Å². The summed E-state index contributed by atoms with van der Waals surface area (Å²) in [6.07, 6.45) is 0.810. The van der Waals surface area contributed by atoms with Crippen molar-refractivity contribution in [1.29, 1.82) is 0 Å². The molecule has 0 bridgehead atoms. The van der Waals surface area contributed by atoms with Crippen LogP contribution in [0.4, 0.5) is 5.69 Å². The third-order valence-corrected chi connectivity index (χ3v) is 8.85. The van der Waals surface area contributed by atoms with Gasteiger partial charge in [0.15, 0.2) is 0 Å². The number of hydrogen-bond donors (Lipinski definition) is 0. The van der Waals surface area contributed by atoms with Crippen molar-refractivity contribution in [3.63, 3.8) is 0 Å². The van der Waals surface area contributed by atoms with E-state index in [-0.39, 0.29) is 19.0 Å². The summed E-state index contributed by atoms with van der Waals surface area (Å²) < 4.78 is 28.4. The molecule has 9 heteroatoms. The molecule has 0 heterocycles. The molecule has 0 N–H and O–H groups in total. The Morgan fingerprint density at radius 2 is 1.46 bits per heavy atom. The molecule has 2 rings (SSSR count). The molecule has 2 aromatic rings. The summed E-state index contributed by atoms with van der Waals surface area (Å²) in [5.74, 6) is -0.243. The number of nitrogens with zero attached hydrogens (tertiary/aromatic N) is 1. The normalized spacial score (nSPS) is 11.3.